The number of fused-ring (bicyclic) bond motifs is 1. The SMILES string of the molecule is O=C(c1ccc(Br)o1)N1CCS[C@@H]2COCC[C@@H]21. The molecule has 3 rings (SSSR count). The van der Waals surface area contributed by atoms with Gasteiger partial charge in [-0.2, -0.15) is 11.8 Å². The lowest BCUT2D eigenvalue weighted by atomic mass is 10.1. The van der Waals surface area contributed by atoms with Gasteiger partial charge in [0.15, 0.2) is 10.4 Å². The monoisotopic (exact) mass is 331 g/mol. The van der Waals surface area contributed by atoms with Gasteiger partial charge in [0.1, 0.15) is 0 Å². The fraction of sp³-hybridized carbons (Fsp3) is 0.583. The van der Waals surface area contributed by atoms with Crippen LogP contribution in [0.5, 0.6) is 0 Å². The summed E-state index contributed by atoms with van der Waals surface area (Å²) in [5, 5.41) is 0.412. The van der Waals surface area contributed by atoms with Gasteiger partial charge in [0.05, 0.1) is 6.61 Å². The lowest BCUT2D eigenvalue weighted by Crippen LogP contribution is -2.54. The lowest BCUT2D eigenvalue weighted by molar-refractivity contribution is 0.0300. The highest BCUT2D eigenvalue weighted by molar-refractivity contribution is 9.10. The van der Waals surface area contributed by atoms with Gasteiger partial charge in [-0.25, -0.2) is 0 Å². The van der Waals surface area contributed by atoms with Crippen LogP contribution in [0, 0.1) is 0 Å². The first-order valence-corrected chi connectivity index (χ1v) is 7.85. The first-order valence-electron chi connectivity index (χ1n) is 6.01. The van der Waals surface area contributed by atoms with Gasteiger partial charge in [-0.05, 0) is 34.5 Å². The van der Waals surface area contributed by atoms with Gasteiger partial charge < -0.3 is 14.1 Å². The first-order chi connectivity index (χ1) is 8.75. The van der Waals surface area contributed by atoms with Gasteiger partial charge >= 0.3 is 0 Å². The third-order valence-corrected chi connectivity index (χ3v) is 5.10. The second-order valence-electron chi connectivity index (χ2n) is 4.44. The van der Waals surface area contributed by atoms with Gasteiger partial charge in [-0.15, -0.1) is 0 Å². The Hall–Kier alpha value is -0.460. The predicted octanol–water partition coefficient (Wildman–Crippen LogP) is 2.39. The molecule has 2 fully saturated rings. The zero-order chi connectivity index (χ0) is 12.5. The quantitative estimate of drug-likeness (QED) is 0.792. The maximum absolute atomic E-state index is 12.4. The Bertz CT molecular complexity index is 448. The Labute approximate surface area is 118 Å². The van der Waals surface area contributed by atoms with E-state index in [1.54, 1.807) is 12.1 Å². The summed E-state index contributed by atoms with van der Waals surface area (Å²) in [5.74, 6) is 1.38. The third kappa shape index (κ3) is 2.33. The van der Waals surface area contributed by atoms with Crippen molar-refractivity contribution >= 4 is 33.6 Å². The van der Waals surface area contributed by atoms with E-state index in [0.717, 1.165) is 31.9 Å². The molecule has 6 heteroatoms. The molecule has 0 saturated carbocycles. The second kappa shape index (κ2) is 5.27. The van der Waals surface area contributed by atoms with E-state index in [4.69, 9.17) is 9.15 Å². The molecule has 3 heterocycles. The van der Waals surface area contributed by atoms with Crippen molar-refractivity contribution in [3.8, 4) is 0 Å². The summed E-state index contributed by atoms with van der Waals surface area (Å²) in [6, 6.07) is 3.77. The van der Waals surface area contributed by atoms with Gasteiger partial charge in [0.2, 0.25) is 0 Å². The predicted molar refractivity (Wildman–Crippen MR) is 72.9 cm³/mol. The Balaban J connectivity index is 1.79. The summed E-state index contributed by atoms with van der Waals surface area (Å²) >= 11 is 5.14. The van der Waals surface area contributed by atoms with Crippen molar-refractivity contribution in [2.75, 3.05) is 25.5 Å². The molecule has 0 bridgehead atoms. The van der Waals surface area contributed by atoms with E-state index in [-0.39, 0.29) is 11.9 Å². The van der Waals surface area contributed by atoms with Crippen molar-refractivity contribution in [2.45, 2.75) is 17.7 Å². The van der Waals surface area contributed by atoms with E-state index in [0.29, 0.717) is 15.7 Å². The second-order valence-corrected chi connectivity index (χ2v) is 6.57. The van der Waals surface area contributed by atoms with Gasteiger partial charge in [-0.3, -0.25) is 4.79 Å². The van der Waals surface area contributed by atoms with Gasteiger partial charge in [-0.1, -0.05) is 0 Å². The van der Waals surface area contributed by atoms with Crippen molar-refractivity contribution in [2.24, 2.45) is 0 Å². The fourth-order valence-corrected chi connectivity index (χ4v) is 4.12. The summed E-state index contributed by atoms with van der Waals surface area (Å²) < 4.78 is 11.5. The summed E-state index contributed by atoms with van der Waals surface area (Å²) in [7, 11) is 0. The van der Waals surface area contributed by atoms with E-state index in [2.05, 4.69) is 15.9 Å². The van der Waals surface area contributed by atoms with Crippen LogP contribution in [-0.4, -0.2) is 47.6 Å². The van der Waals surface area contributed by atoms with Crippen molar-refractivity contribution < 1.29 is 13.9 Å². The number of rotatable bonds is 1. The minimum absolute atomic E-state index is 0.00194. The molecule has 0 radical (unpaired) electrons. The maximum atomic E-state index is 12.4. The number of thioether (sulfide) groups is 1. The zero-order valence-corrected chi connectivity index (χ0v) is 12.2. The molecule has 98 valence electrons. The third-order valence-electron chi connectivity index (χ3n) is 3.38. The number of ether oxygens (including phenoxy) is 1. The largest absolute Gasteiger partial charge is 0.444 e. The molecular weight excluding hydrogens is 318 g/mol. The van der Waals surface area contributed by atoms with Crippen LogP contribution in [0.1, 0.15) is 17.0 Å². The van der Waals surface area contributed by atoms with Crippen LogP contribution < -0.4 is 0 Å². The van der Waals surface area contributed by atoms with Crippen molar-refractivity contribution in [3.63, 3.8) is 0 Å². The van der Waals surface area contributed by atoms with Crippen LogP contribution in [0.4, 0.5) is 0 Å². The molecule has 2 saturated heterocycles. The summed E-state index contributed by atoms with van der Waals surface area (Å²) in [4.78, 5) is 14.4. The van der Waals surface area contributed by atoms with Crippen LogP contribution in [0.25, 0.3) is 0 Å². The van der Waals surface area contributed by atoms with E-state index in [1.807, 2.05) is 16.7 Å². The number of furan rings is 1. The van der Waals surface area contributed by atoms with Crippen LogP contribution in [0.3, 0.4) is 0 Å². The highest BCUT2D eigenvalue weighted by Crippen LogP contribution is 2.31. The summed E-state index contributed by atoms with van der Waals surface area (Å²) in [6.07, 6.45) is 0.922. The normalized spacial score (nSPS) is 27.9. The Morgan fingerprint density at radius 3 is 3.17 bits per heavy atom. The highest BCUT2D eigenvalue weighted by atomic mass is 79.9. The zero-order valence-electron chi connectivity index (χ0n) is 9.80. The van der Waals surface area contributed by atoms with Crippen LogP contribution in [0.2, 0.25) is 0 Å². The fourth-order valence-electron chi connectivity index (χ4n) is 2.51. The van der Waals surface area contributed by atoms with E-state index >= 15 is 0 Å². The number of amides is 1. The molecule has 2 aliphatic rings. The van der Waals surface area contributed by atoms with Crippen LogP contribution in [0.15, 0.2) is 21.2 Å². The number of carbonyl (C=O) groups is 1. The topological polar surface area (TPSA) is 42.7 Å². The first kappa shape index (κ1) is 12.6. The highest BCUT2D eigenvalue weighted by Gasteiger charge is 2.37. The standard InChI is InChI=1S/C12H14BrNO3S/c13-11-2-1-9(17-11)12(15)14-4-6-18-10-7-16-5-3-8(10)14/h1-2,8,10H,3-7H2/t8-,10+/m0/s1. The van der Waals surface area contributed by atoms with E-state index in [1.165, 1.54) is 0 Å². The lowest BCUT2D eigenvalue weighted by Gasteiger charge is -2.42. The number of hydrogen-bond donors (Lipinski definition) is 0. The molecule has 2 aliphatic heterocycles. The van der Waals surface area contributed by atoms with Crippen molar-refractivity contribution in [3.05, 3.63) is 22.6 Å². The number of hydrogen-bond acceptors (Lipinski definition) is 4. The average molecular weight is 332 g/mol. The van der Waals surface area contributed by atoms with Gasteiger partial charge in [0.25, 0.3) is 5.91 Å². The molecule has 18 heavy (non-hydrogen) atoms. The Morgan fingerprint density at radius 1 is 1.50 bits per heavy atom. The molecule has 2 atom stereocenters. The molecule has 1 aromatic rings. The smallest absolute Gasteiger partial charge is 0.289 e. The van der Waals surface area contributed by atoms with Crippen molar-refractivity contribution in [1.29, 1.82) is 0 Å². The number of nitrogens with zero attached hydrogens (tertiary/aromatic N) is 1. The molecule has 0 N–H and O–H groups in total. The summed E-state index contributed by atoms with van der Waals surface area (Å²) in [6.45, 7) is 2.29. The Kier molecular flexibility index (Phi) is 3.68. The van der Waals surface area contributed by atoms with Gasteiger partial charge in [0, 0.05) is 30.2 Å². The molecular formula is C12H14BrNO3S. The van der Waals surface area contributed by atoms with Crippen LogP contribution in [-0.2, 0) is 4.74 Å². The molecule has 0 spiro atoms. The molecule has 0 unspecified atom stereocenters. The Morgan fingerprint density at radius 2 is 2.39 bits per heavy atom. The minimum Gasteiger partial charge on any atom is -0.444 e. The van der Waals surface area contributed by atoms with Crippen molar-refractivity contribution in [1.82, 2.24) is 4.90 Å². The summed E-state index contributed by atoms with van der Waals surface area (Å²) in [5.41, 5.74) is 0. The molecule has 4 nitrogen and oxygen atoms in total. The average Bonchev–Trinajstić information content (AvgIpc) is 2.84. The van der Waals surface area contributed by atoms with E-state index in [9.17, 15) is 4.79 Å². The van der Waals surface area contributed by atoms with E-state index < -0.39 is 0 Å². The molecule has 1 aromatic heterocycles. The maximum Gasteiger partial charge on any atom is 0.289 e. The minimum atomic E-state index is -0.00194. The molecule has 1 amide bonds. The molecule has 0 aromatic carbocycles. The number of halogens is 1. The number of carbonyl (C=O) groups excluding carboxylic acids is 1. The van der Waals surface area contributed by atoms with Crippen LogP contribution >= 0.6 is 27.7 Å². The molecule has 0 aliphatic carbocycles.